The maximum Gasteiger partial charge on any atom is 0.231 e. The number of rotatable bonds is 7. The van der Waals surface area contributed by atoms with E-state index in [9.17, 15) is 0 Å². The summed E-state index contributed by atoms with van der Waals surface area (Å²) < 4.78 is 16.5. The molecule has 1 N–H and O–H groups in total. The first kappa shape index (κ1) is 16.9. The molecule has 2 aromatic carbocycles. The molecule has 1 aliphatic rings. The van der Waals surface area contributed by atoms with Gasteiger partial charge in [0.15, 0.2) is 11.5 Å². The lowest BCUT2D eigenvalue weighted by Gasteiger charge is -2.07. The highest BCUT2D eigenvalue weighted by molar-refractivity contribution is 7.15. The smallest absolute Gasteiger partial charge is 0.231 e. The summed E-state index contributed by atoms with van der Waals surface area (Å²) in [6.45, 7) is 4.42. The van der Waals surface area contributed by atoms with Crippen LogP contribution in [-0.2, 0) is 13.1 Å². The SMILES string of the molecule is CCOc1ccccc1-c1cnc(CNCc2ccc3c(c2)OCO3)s1. The van der Waals surface area contributed by atoms with Gasteiger partial charge in [-0.2, -0.15) is 0 Å². The predicted octanol–water partition coefficient (Wildman–Crippen LogP) is 4.23. The van der Waals surface area contributed by atoms with Crippen molar-refractivity contribution in [2.45, 2.75) is 20.0 Å². The Morgan fingerprint density at radius 1 is 1.12 bits per heavy atom. The van der Waals surface area contributed by atoms with Crippen LogP contribution in [0.5, 0.6) is 17.2 Å². The van der Waals surface area contributed by atoms with Crippen molar-refractivity contribution >= 4 is 11.3 Å². The Morgan fingerprint density at radius 3 is 2.92 bits per heavy atom. The standard InChI is InChI=1S/C20H20N2O3S/c1-2-23-16-6-4-3-5-15(16)19-11-22-20(26-19)12-21-10-14-7-8-17-18(9-14)25-13-24-17/h3-9,11,21H,2,10,12-13H2,1H3. The quantitative estimate of drug-likeness (QED) is 0.676. The van der Waals surface area contributed by atoms with Crippen molar-refractivity contribution in [3.63, 3.8) is 0 Å². The van der Waals surface area contributed by atoms with Gasteiger partial charge in [0.25, 0.3) is 0 Å². The van der Waals surface area contributed by atoms with Crippen molar-refractivity contribution in [1.29, 1.82) is 0 Å². The maximum atomic E-state index is 5.72. The topological polar surface area (TPSA) is 52.6 Å². The van der Waals surface area contributed by atoms with Crippen molar-refractivity contribution < 1.29 is 14.2 Å². The molecule has 0 saturated carbocycles. The highest BCUT2D eigenvalue weighted by Crippen LogP contribution is 2.34. The summed E-state index contributed by atoms with van der Waals surface area (Å²) in [5.41, 5.74) is 2.25. The van der Waals surface area contributed by atoms with E-state index in [0.717, 1.165) is 51.3 Å². The van der Waals surface area contributed by atoms with Crippen molar-refractivity contribution in [2.24, 2.45) is 0 Å². The third-order valence-electron chi connectivity index (χ3n) is 4.05. The van der Waals surface area contributed by atoms with Crippen molar-refractivity contribution in [1.82, 2.24) is 10.3 Å². The number of aromatic nitrogens is 1. The van der Waals surface area contributed by atoms with Gasteiger partial charge >= 0.3 is 0 Å². The Hall–Kier alpha value is -2.57. The van der Waals surface area contributed by atoms with Crippen LogP contribution < -0.4 is 19.5 Å². The zero-order chi connectivity index (χ0) is 17.8. The lowest BCUT2D eigenvalue weighted by atomic mass is 10.2. The zero-order valence-corrected chi connectivity index (χ0v) is 15.3. The molecular weight excluding hydrogens is 348 g/mol. The molecule has 1 aliphatic heterocycles. The molecular formula is C20H20N2O3S. The Kier molecular flexibility index (Phi) is 5.04. The number of thiazole rings is 1. The summed E-state index contributed by atoms with van der Waals surface area (Å²) in [7, 11) is 0. The van der Waals surface area contributed by atoms with E-state index < -0.39 is 0 Å². The third-order valence-corrected chi connectivity index (χ3v) is 5.08. The summed E-state index contributed by atoms with van der Waals surface area (Å²) in [6.07, 6.45) is 1.92. The normalized spacial score (nSPS) is 12.3. The number of nitrogens with one attached hydrogen (secondary N) is 1. The number of hydrogen-bond acceptors (Lipinski definition) is 6. The molecule has 4 rings (SSSR count). The molecule has 134 valence electrons. The summed E-state index contributed by atoms with van der Waals surface area (Å²) in [5.74, 6) is 2.53. The molecule has 26 heavy (non-hydrogen) atoms. The lowest BCUT2D eigenvalue weighted by molar-refractivity contribution is 0.174. The van der Waals surface area contributed by atoms with Gasteiger partial charge in [-0.3, -0.25) is 0 Å². The van der Waals surface area contributed by atoms with Crippen LogP contribution in [0, 0.1) is 0 Å². The van der Waals surface area contributed by atoms with Crippen LogP contribution in [0.25, 0.3) is 10.4 Å². The van der Waals surface area contributed by atoms with Gasteiger partial charge in [-0.15, -0.1) is 11.3 Å². The van der Waals surface area contributed by atoms with Gasteiger partial charge < -0.3 is 19.5 Å². The molecule has 3 aromatic rings. The summed E-state index contributed by atoms with van der Waals surface area (Å²) in [5, 5.41) is 4.48. The van der Waals surface area contributed by atoms with E-state index >= 15 is 0 Å². The zero-order valence-electron chi connectivity index (χ0n) is 14.5. The fourth-order valence-electron chi connectivity index (χ4n) is 2.83. The molecule has 0 aliphatic carbocycles. The monoisotopic (exact) mass is 368 g/mol. The summed E-state index contributed by atoms with van der Waals surface area (Å²) >= 11 is 1.68. The number of fused-ring (bicyclic) bond motifs is 1. The maximum absolute atomic E-state index is 5.72. The summed E-state index contributed by atoms with van der Waals surface area (Å²) in [4.78, 5) is 5.66. The van der Waals surface area contributed by atoms with E-state index in [1.807, 2.05) is 49.5 Å². The summed E-state index contributed by atoms with van der Waals surface area (Å²) in [6, 6.07) is 14.1. The molecule has 5 nitrogen and oxygen atoms in total. The first-order valence-electron chi connectivity index (χ1n) is 8.59. The van der Waals surface area contributed by atoms with E-state index in [2.05, 4.69) is 16.4 Å². The molecule has 0 bridgehead atoms. The van der Waals surface area contributed by atoms with Gasteiger partial charge in [0.2, 0.25) is 6.79 Å². The van der Waals surface area contributed by atoms with E-state index in [1.54, 1.807) is 11.3 Å². The molecule has 6 heteroatoms. The van der Waals surface area contributed by atoms with Gasteiger partial charge in [-0.05, 0) is 36.8 Å². The van der Waals surface area contributed by atoms with Gasteiger partial charge in [0.1, 0.15) is 10.8 Å². The van der Waals surface area contributed by atoms with Gasteiger partial charge in [-0.25, -0.2) is 4.98 Å². The fourth-order valence-corrected chi connectivity index (χ4v) is 3.75. The second kappa shape index (κ2) is 7.76. The van der Waals surface area contributed by atoms with Crippen LogP contribution >= 0.6 is 11.3 Å². The van der Waals surface area contributed by atoms with Crippen LogP contribution in [0.15, 0.2) is 48.7 Å². The number of hydrogen-bond donors (Lipinski definition) is 1. The third kappa shape index (κ3) is 3.66. The molecule has 0 amide bonds. The van der Waals surface area contributed by atoms with E-state index in [0.29, 0.717) is 13.4 Å². The number of nitrogens with zero attached hydrogens (tertiary/aromatic N) is 1. The van der Waals surface area contributed by atoms with E-state index in [-0.39, 0.29) is 0 Å². The molecule has 0 saturated heterocycles. The van der Waals surface area contributed by atoms with Gasteiger partial charge in [0, 0.05) is 24.8 Å². The first-order chi connectivity index (χ1) is 12.8. The second-order valence-electron chi connectivity index (χ2n) is 5.84. The van der Waals surface area contributed by atoms with Gasteiger partial charge in [0.05, 0.1) is 11.5 Å². The van der Waals surface area contributed by atoms with Crippen LogP contribution in [0.3, 0.4) is 0 Å². The van der Waals surface area contributed by atoms with Crippen LogP contribution in [0.1, 0.15) is 17.5 Å². The van der Waals surface area contributed by atoms with Gasteiger partial charge in [-0.1, -0.05) is 18.2 Å². The average Bonchev–Trinajstić information content (AvgIpc) is 3.31. The molecule has 0 fully saturated rings. The Morgan fingerprint density at radius 2 is 2.00 bits per heavy atom. The predicted molar refractivity (Wildman–Crippen MR) is 102 cm³/mol. The lowest BCUT2D eigenvalue weighted by Crippen LogP contribution is -2.12. The minimum Gasteiger partial charge on any atom is -0.493 e. The minimum atomic E-state index is 0.303. The molecule has 2 heterocycles. The molecule has 0 spiro atoms. The van der Waals surface area contributed by atoms with E-state index in [1.165, 1.54) is 0 Å². The Bertz CT molecular complexity index is 894. The van der Waals surface area contributed by atoms with Crippen LogP contribution in [-0.4, -0.2) is 18.4 Å². The fraction of sp³-hybridized carbons (Fsp3) is 0.250. The largest absolute Gasteiger partial charge is 0.493 e. The Balaban J connectivity index is 1.38. The highest BCUT2D eigenvalue weighted by Gasteiger charge is 2.13. The van der Waals surface area contributed by atoms with Crippen molar-refractivity contribution in [2.75, 3.05) is 13.4 Å². The number of ether oxygens (including phenoxy) is 3. The van der Waals surface area contributed by atoms with Crippen molar-refractivity contribution in [3.8, 4) is 27.7 Å². The Labute approximate surface area is 156 Å². The molecule has 0 radical (unpaired) electrons. The first-order valence-corrected chi connectivity index (χ1v) is 9.41. The minimum absolute atomic E-state index is 0.303. The molecule has 0 atom stereocenters. The molecule has 1 aromatic heterocycles. The molecule has 0 unspecified atom stereocenters. The van der Waals surface area contributed by atoms with Crippen molar-refractivity contribution in [3.05, 3.63) is 59.2 Å². The van der Waals surface area contributed by atoms with Crippen LogP contribution in [0.2, 0.25) is 0 Å². The van der Waals surface area contributed by atoms with Crippen LogP contribution in [0.4, 0.5) is 0 Å². The average molecular weight is 368 g/mol. The number of benzene rings is 2. The van der Waals surface area contributed by atoms with E-state index in [4.69, 9.17) is 14.2 Å². The highest BCUT2D eigenvalue weighted by atomic mass is 32.1. The number of para-hydroxylation sites is 1. The second-order valence-corrected chi connectivity index (χ2v) is 6.95.